The lowest BCUT2D eigenvalue weighted by molar-refractivity contribution is 0.318. The molecule has 0 spiro atoms. The third-order valence-corrected chi connectivity index (χ3v) is 3.10. The van der Waals surface area contributed by atoms with Crippen molar-refractivity contribution in [1.29, 1.82) is 0 Å². The van der Waals surface area contributed by atoms with Gasteiger partial charge in [0.05, 0.1) is 17.8 Å². The van der Waals surface area contributed by atoms with Crippen LogP contribution in [-0.4, -0.2) is 32.8 Å². The molecule has 1 aromatic heterocycles. The second kappa shape index (κ2) is 8.44. The van der Waals surface area contributed by atoms with Crippen LogP contribution in [0.15, 0.2) is 17.2 Å². The Balaban J connectivity index is 0.00000264. The summed E-state index contributed by atoms with van der Waals surface area (Å²) in [5, 5.41) is 21.7. The molecule has 0 bridgehead atoms. The number of phenolic OH excluding ortho intramolecular Hbond substituents is 1. The molecule has 0 aliphatic carbocycles. The molecule has 10 heteroatoms. The summed E-state index contributed by atoms with van der Waals surface area (Å²) in [6.45, 7) is 4.15. The van der Waals surface area contributed by atoms with E-state index in [1.807, 2.05) is 13.8 Å². The van der Waals surface area contributed by atoms with E-state index in [0.717, 1.165) is 0 Å². The van der Waals surface area contributed by atoms with Crippen LogP contribution in [-0.2, 0) is 6.42 Å². The van der Waals surface area contributed by atoms with Gasteiger partial charge in [0.25, 0.3) is 5.95 Å². The van der Waals surface area contributed by atoms with Gasteiger partial charge in [-0.15, -0.1) is 22.6 Å². The van der Waals surface area contributed by atoms with Crippen LogP contribution in [0.2, 0.25) is 5.02 Å². The van der Waals surface area contributed by atoms with Crippen LogP contribution in [0.1, 0.15) is 25.2 Å². The zero-order valence-electron chi connectivity index (χ0n) is 12.7. The first-order valence-corrected chi connectivity index (χ1v) is 7.08. The van der Waals surface area contributed by atoms with Gasteiger partial charge in [0.1, 0.15) is 0 Å². The van der Waals surface area contributed by atoms with Crippen LogP contribution >= 0.6 is 24.0 Å². The highest BCUT2D eigenvalue weighted by atomic mass is 35.5. The number of anilines is 1. The van der Waals surface area contributed by atoms with Gasteiger partial charge in [-0.2, -0.15) is 5.10 Å². The van der Waals surface area contributed by atoms with E-state index in [9.17, 15) is 5.11 Å². The van der Waals surface area contributed by atoms with Gasteiger partial charge in [-0.25, -0.2) is 10.1 Å². The van der Waals surface area contributed by atoms with Crippen LogP contribution in [0.25, 0.3) is 0 Å². The number of nitrogens with zero attached hydrogens (tertiary/aromatic N) is 4. The van der Waals surface area contributed by atoms with Crippen molar-refractivity contribution in [3.8, 4) is 11.5 Å². The summed E-state index contributed by atoms with van der Waals surface area (Å²) >= 11 is 5.94. The number of hydrogen-bond acceptors (Lipinski definition) is 7. The molecule has 0 unspecified atom stereocenters. The Labute approximate surface area is 144 Å². The number of aromatic hydroxyl groups is 1. The monoisotopic (exact) mass is 360 g/mol. The van der Waals surface area contributed by atoms with E-state index in [2.05, 4.69) is 20.7 Å². The van der Waals surface area contributed by atoms with Crippen LogP contribution in [0, 0.1) is 0 Å². The molecule has 0 aliphatic rings. The fourth-order valence-electron chi connectivity index (χ4n) is 1.74. The van der Waals surface area contributed by atoms with E-state index in [4.69, 9.17) is 22.2 Å². The first kappa shape index (κ1) is 18.9. The molecule has 0 fully saturated rings. The lowest BCUT2D eigenvalue weighted by Crippen LogP contribution is -2.14. The zero-order valence-corrected chi connectivity index (χ0v) is 14.2. The average molecular weight is 361 g/mol. The normalized spacial score (nSPS) is 10.6. The van der Waals surface area contributed by atoms with Crippen molar-refractivity contribution in [3.63, 3.8) is 0 Å². The highest BCUT2D eigenvalue weighted by molar-refractivity contribution is 6.32. The van der Waals surface area contributed by atoms with Gasteiger partial charge in [-0.3, -0.25) is 0 Å². The summed E-state index contributed by atoms with van der Waals surface area (Å²) in [6, 6.07) is 3.19. The lowest BCUT2D eigenvalue weighted by atomic mass is 10.2. The second-order valence-electron chi connectivity index (χ2n) is 4.32. The van der Waals surface area contributed by atoms with E-state index in [-0.39, 0.29) is 23.2 Å². The predicted molar refractivity (Wildman–Crippen MR) is 92.3 cm³/mol. The van der Waals surface area contributed by atoms with Gasteiger partial charge < -0.3 is 15.7 Å². The van der Waals surface area contributed by atoms with E-state index >= 15 is 0 Å². The number of phenols is 1. The maximum atomic E-state index is 9.77. The fourth-order valence-corrected chi connectivity index (χ4v) is 1.96. The van der Waals surface area contributed by atoms with Gasteiger partial charge in [-0.05, 0) is 24.6 Å². The number of aromatic nitrogens is 3. The fraction of sp³-hybridized carbons (Fsp3) is 0.308. The Hall–Kier alpha value is -2.19. The Morgan fingerprint density at radius 3 is 2.78 bits per heavy atom. The Kier molecular flexibility index (Phi) is 6.92. The van der Waals surface area contributed by atoms with E-state index in [0.29, 0.717) is 36.1 Å². The molecule has 23 heavy (non-hydrogen) atoms. The number of nitrogens with two attached hydrogens (primary N) is 1. The molecular formula is C13H18Cl2N6O2. The molecule has 0 amide bonds. The number of nitrogens with one attached hydrogen (secondary N) is 1. The maximum Gasteiger partial charge on any atom is 0.263 e. The molecule has 0 saturated carbocycles. The van der Waals surface area contributed by atoms with Gasteiger partial charge in [0.2, 0.25) is 0 Å². The summed E-state index contributed by atoms with van der Waals surface area (Å²) in [6.07, 6.45) is 2.17. The lowest BCUT2D eigenvalue weighted by Gasteiger charge is -2.08. The van der Waals surface area contributed by atoms with Crippen molar-refractivity contribution in [2.75, 3.05) is 17.9 Å². The van der Waals surface area contributed by atoms with Gasteiger partial charge in [0.15, 0.2) is 17.3 Å². The van der Waals surface area contributed by atoms with Gasteiger partial charge in [-0.1, -0.05) is 18.5 Å². The minimum absolute atomic E-state index is 0. The van der Waals surface area contributed by atoms with Crippen LogP contribution < -0.4 is 16.0 Å². The standard InChI is InChI=1S/C13H17ClN6O2.ClH/c1-3-11-17-19-13(20(11)15)18-16-7-8-5-9(14)12(21)10(6-8)22-4-2;/h5-7,21H,3-4,15H2,1-2H3,(H,18,19);1H. The Morgan fingerprint density at radius 2 is 2.17 bits per heavy atom. The molecule has 0 saturated heterocycles. The predicted octanol–water partition coefficient (Wildman–Crippen LogP) is 2.18. The molecule has 4 N–H and O–H groups in total. The number of hydrogen-bond donors (Lipinski definition) is 3. The van der Waals surface area contributed by atoms with E-state index < -0.39 is 0 Å². The molecule has 1 heterocycles. The average Bonchev–Trinajstić information content (AvgIpc) is 2.85. The first-order valence-electron chi connectivity index (χ1n) is 6.70. The third-order valence-electron chi connectivity index (χ3n) is 2.81. The summed E-state index contributed by atoms with van der Waals surface area (Å²) in [5.74, 6) is 6.95. The van der Waals surface area contributed by atoms with Crippen molar-refractivity contribution in [2.24, 2.45) is 5.10 Å². The number of aryl methyl sites for hydroxylation is 1. The molecule has 0 radical (unpaired) electrons. The third kappa shape index (κ3) is 4.40. The highest BCUT2D eigenvalue weighted by Crippen LogP contribution is 2.34. The quantitative estimate of drug-likeness (QED) is 0.413. The molecular weight excluding hydrogens is 343 g/mol. The summed E-state index contributed by atoms with van der Waals surface area (Å²) in [5.41, 5.74) is 3.34. The molecule has 2 aromatic rings. The molecule has 0 aliphatic heterocycles. The summed E-state index contributed by atoms with van der Waals surface area (Å²) in [7, 11) is 0. The van der Waals surface area contributed by atoms with Crippen molar-refractivity contribution in [3.05, 3.63) is 28.5 Å². The maximum absolute atomic E-state index is 9.77. The SMILES string of the molecule is CCOc1cc(C=NNc2nnc(CC)n2N)cc(Cl)c1O.Cl. The topological polar surface area (TPSA) is 111 Å². The minimum atomic E-state index is -0.0945. The smallest absolute Gasteiger partial charge is 0.263 e. The first-order chi connectivity index (χ1) is 10.6. The molecule has 126 valence electrons. The van der Waals surface area contributed by atoms with E-state index in [1.165, 1.54) is 10.9 Å². The molecule has 1 aromatic carbocycles. The molecule has 2 rings (SSSR count). The Morgan fingerprint density at radius 1 is 1.43 bits per heavy atom. The highest BCUT2D eigenvalue weighted by Gasteiger charge is 2.09. The van der Waals surface area contributed by atoms with Gasteiger partial charge in [0, 0.05) is 6.42 Å². The van der Waals surface area contributed by atoms with Gasteiger partial charge >= 0.3 is 0 Å². The Bertz CT molecular complexity index is 689. The molecule has 8 nitrogen and oxygen atoms in total. The van der Waals surface area contributed by atoms with Crippen LogP contribution in [0.4, 0.5) is 5.95 Å². The van der Waals surface area contributed by atoms with E-state index in [1.54, 1.807) is 12.1 Å². The largest absolute Gasteiger partial charge is 0.503 e. The number of rotatable bonds is 6. The molecule has 0 atom stereocenters. The number of benzene rings is 1. The van der Waals surface area contributed by atoms with Crippen molar-refractivity contribution < 1.29 is 9.84 Å². The number of halogens is 2. The van der Waals surface area contributed by atoms with Crippen LogP contribution in [0.5, 0.6) is 11.5 Å². The summed E-state index contributed by atoms with van der Waals surface area (Å²) < 4.78 is 6.62. The second-order valence-corrected chi connectivity index (χ2v) is 4.72. The van der Waals surface area contributed by atoms with Crippen molar-refractivity contribution in [2.45, 2.75) is 20.3 Å². The number of ether oxygens (including phenoxy) is 1. The zero-order chi connectivity index (χ0) is 16.1. The number of nitrogen functional groups attached to an aromatic ring is 1. The van der Waals surface area contributed by atoms with Crippen LogP contribution in [0.3, 0.4) is 0 Å². The van der Waals surface area contributed by atoms with Crippen molar-refractivity contribution in [1.82, 2.24) is 14.9 Å². The van der Waals surface area contributed by atoms with Crippen molar-refractivity contribution >= 4 is 36.2 Å². The minimum Gasteiger partial charge on any atom is -0.503 e. The number of hydrazone groups is 1. The summed E-state index contributed by atoms with van der Waals surface area (Å²) in [4.78, 5) is 0.